The van der Waals surface area contributed by atoms with E-state index in [4.69, 9.17) is 4.74 Å². The monoisotopic (exact) mass is 299 g/mol. The number of carbonyl (C=O) groups excluding carboxylic acids is 2. The van der Waals surface area contributed by atoms with Crippen LogP contribution in [0.25, 0.3) is 0 Å². The van der Waals surface area contributed by atoms with Gasteiger partial charge < -0.3 is 4.74 Å². The molecule has 0 unspecified atom stereocenters. The number of amides is 2. The highest BCUT2D eigenvalue weighted by atomic mass is 16.5. The zero-order valence-corrected chi connectivity index (χ0v) is 12.2. The first-order valence-corrected chi connectivity index (χ1v) is 6.90. The van der Waals surface area contributed by atoms with Crippen LogP contribution in [0.15, 0.2) is 48.8 Å². The minimum absolute atomic E-state index is 0.182. The van der Waals surface area contributed by atoms with E-state index in [-0.39, 0.29) is 6.61 Å². The van der Waals surface area contributed by atoms with Gasteiger partial charge in [-0.25, -0.2) is 0 Å². The number of nitrogens with one attached hydrogen (secondary N) is 2. The van der Waals surface area contributed by atoms with Crippen molar-refractivity contribution in [2.24, 2.45) is 0 Å². The Hall–Kier alpha value is -2.89. The summed E-state index contributed by atoms with van der Waals surface area (Å²) >= 11 is 0. The normalized spacial score (nSPS) is 9.86. The van der Waals surface area contributed by atoms with Crippen LogP contribution in [0, 0.1) is 0 Å². The lowest BCUT2D eigenvalue weighted by atomic mass is 10.2. The van der Waals surface area contributed by atoms with Crippen LogP contribution in [-0.4, -0.2) is 23.4 Å². The molecule has 0 spiro atoms. The van der Waals surface area contributed by atoms with Gasteiger partial charge in [0.05, 0.1) is 5.56 Å². The van der Waals surface area contributed by atoms with E-state index in [1.807, 2.05) is 12.1 Å². The topological polar surface area (TPSA) is 80.3 Å². The summed E-state index contributed by atoms with van der Waals surface area (Å²) in [5.41, 5.74) is 6.13. The second-order valence-electron chi connectivity index (χ2n) is 4.53. The number of rotatable bonds is 5. The summed E-state index contributed by atoms with van der Waals surface area (Å²) in [7, 11) is 0. The fourth-order valence-corrected chi connectivity index (χ4v) is 1.70. The first kappa shape index (κ1) is 15.5. The van der Waals surface area contributed by atoms with Crippen molar-refractivity contribution in [1.29, 1.82) is 0 Å². The van der Waals surface area contributed by atoms with Crippen molar-refractivity contribution in [2.45, 2.75) is 13.3 Å². The zero-order valence-electron chi connectivity index (χ0n) is 12.2. The minimum atomic E-state index is -0.447. The summed E-state index contributed by atoms with van der Waals surface area (Å²) in [4.78, 5) is 27.1. The molecule has 114 valence electrons. The van der Waals surface area contributed by atoms with Gasteiger partial charge in [0.15, 0.2) is 6.61 Å². The second-order valence-corrected chi connectivity index (χ2v) is 4.53. The molecule has 0 radical (unpaired) electrons. The van der Waals surface area contributed by atoms with Gasteiger partial charge in [-0.3, -0.25) is 25.4 Å². The summed E-state index contributed by atoms with van der Waals surface area (Å²) in [5, 5.41) is 0. The van der Waals surface area contributed by atoms with E-state index in [1.54, 1.807) is 30.5 Å². The van der Waals surface area contributed by atoms with Crippen LogP contribution in [0.1, 0.15) is 22.8 Å². The number of aryl methyl sites for hydroxylation is 1. The average molecular weight is 299 g/mol. The Bertz CT molecular complexity index is 627. The molecule has 0 aliphatic heterocycles. The summed E-state index contributed by atoms with van der Waals surface area (Å²) < 4.78 is 5.33. The van der Waals surface area contributed by atoms with Crippen molar-refractivity contribution < 1.29 is 14.3 Å². The molecule has 0 fully saturated rings. The third-order valence-electron chi connectivity index (χ3n) is 2.94. The molecule has 2 rings (SSSR count). The highest BCUT2D eigenvalue weighted by Gasteiger charge is 2.07. The summed E-state index contributed by atoms with van der Waals surface area (Å²) in [6.45, 7) is 1.88. The number of hydrogen-bond acceptors (Lipinski definition) is 4. The number of pyridine rings is 1. The van der Waals surface area contributed by atoms with Crippen LogP contribution in [0.4, 0.5) is 0 Å². The van der Waals surface area contributed by atoms with E-state index in [9.17, 15) is 9.59 Å². The van der Waals surface area contributed by atoms with Crippen LogP contribution >= 0.6 is 0 Å². The van der Waals surface area contributed by atoms with Gasteiger partial charge in [-0.1, -0.05) is 19.1 Å². The number of hydrazine groups is 1. The van der Waals surface area contributed by atoms with Crippen molar-refractivity contribution in [3.8, 4) is 5.75 Å². The van der Waals surface area contributed by atoms with Gasteiger partial charge in [0.25, 0.3) is 11.8 Å². The first-order valence-electron chi connectivity index (χ1n) is 6.90. The van der Waals surface area contributed by atoms with Crippen molar-refractivity contribution in [3.05, 3.63) is 59.9 Å². The zero-order chi connectivity index (χ0) is 15.8. The maximum atomic E-state index is 11.7. The molecule has 0 aliphatic carbocycles. The second kappa shape index (κ2) is 7.78. The predicted molar refractivity (Wildman–Crippen MR) is 81.2 cm³/mol. The van der Waals surface area contributed by atoms with Crippen LogP contribution < -0.4 is 15.6 Å². The molecule has 2 amide bonds. The Morgan fingerprint density at radius 2 is 1.91 bits per heavy atom. The maximum Gasteiger partial charge on any atom is 0.276 e. The highest BCUT2D eigenvalue weighted by molar-refractivity contribution is 5.95. The van der Waals surface area contributed by atoms with Gasteiger partial charge in [0, 0.05) is 12.4 Å². The van der Waals surface area contributed by atoms with E-state index in [2.05, 4.69) is 22.8 Å². The summed E-state index contributed by atoms with van der Waals surface area (Å²) in [6, 6.07) is 10.7. The molecular formula is C16H17N3O3. The fourth-order valence-electron chi connectivity index (χ4n) is 1.70. The Kier molecular flexibility index (Phi) is 5.48. The molecule has 0 bridgehead atoms. The quantitative estimate of drug-likeness (QED) is 0.820. The molecule has 6 nitrogen and oxygen atoms in total. The Morgan fingerprint density at radius 3 is 2.55 bits per heavy atom. The lowest BCUT2D eigenvalue weighted by molar-refractivity contribution is -0.123. The highest BCUT2D eigenvalue weighted by Crippen LogP contribution is 2.12. The predicted octanol–water partition coefficient (Wildman–Crippen LogP) is 1.48. The lowest BCUT2D eigenvalue weighted by Crippen LogP contribution is -2.43. The molecule has 1 heterocycles. The molecule has 0 saturated carbocycles. The largest absolute Gasteiger partial charge is 0.484 e. The molecular weight excluding hydrogens is 282 g/mol. The van der Waals surface area contributed by atoms with Crippen LogP contribution in [0.5, 0.6) is 5.75 Å². The molecule has 22 heavy (non-hydrogen) atoms. The maximum absolute atomic E-state index is 11.7. The number of nitrogens with zero attached hydrogens (tertiary/aromatic N) is 1. The van der Waals surface area contributed by atoms with E-state index in [1.165, 1.54) is 11.8 Å². The van der Waals surface area contributed by atoms with Gasteiger partial charge in [-0.15, -0.1) is 0 Å². The Morgan fingerprint density at radius 1 is 1.14 bits per heavy atom. The van der Waals surface area contributed by atoms with Gasteiger partial charge in [0.1, 0.15) is 5.75 Å². The molecule has 1 aromatic heterocycles. The van der Waals surface area contributed by atoms with Crippen molar-refractivity contribution in [3.63, 3.8) is 0 Å². The molecule has 0 atom stereocenters. The van der Waals surface area contributed by atoms with Crippen molar-refractivity contribution in [2.75, 3.05) is 6.61 Å². The number of hydrogen-bond donors (Lipinski definition) is 2. The van der Waals surface area contributed by atoms with Gasteiger partial charge in [-0.05, 0) is 36.2 Å². The van der Waals surface area contributed by atoms with E-state index < -0.39 is 11.8 Å². The van der Waals surface area contributed by atoms with Crippen LogP contribution in [-0.2, 0) is 11.2 Å². The minimum Gasteiger partial charge on any atom is -0.484 e. The Labute approximate surface area is 128 Å². The van der Waals surface area contributed by atoms with E-state index >= 15 is 0 Å². The third-order valence-corrected chi connectivity index (χ3v) is 2.94. The summed E-state index contributed by atoms with van der Waals surface area (Å²) in [5.74, 6) is -0.281. The standard InChI is InChI=1S/C16H17N3O3/c1-2-12-5-7-14(8-6-12)22-11-15(20)18-19-16(21)13-4-3-9-17-10-13/h3-10H,2,11H2,1H3,(H,18,20)(H,19,21). The third kappa shape index (κ3) is 4.59. The summed E-state index contributed by atoms with van der Waals surface area (Å²) in [6.07, 6.45) is 3.92. The molecule has 0 aliphatic rings. The number of ether oxygens (including phenoxy) is 1. The van der Waals surface area contributed by atoms with Crippen LogP contribution in [0.2, 0.25) is 0 Å². The number of aromatic nitrogens is 1. The smallest absolute Gasteiger partial charge is 0.276 e. The van der Waals surface area contributed by atoms with Gasteiger partial charge in [0.2, 0.25) is 0 Å². The SMILES string of the molecule is CCc1ccc(OCC(=O)NNC(=O)c2cccnc2)cc1. The fraction of sp³-hybridized carbons (Fsp3) is 0.188. The molecule has 0 saturated heterocycles. The lowest BCUT2D eigenvalue weighted by Gasteiger charge is -2.09. The van der Waals surface area contributed by atoms with E-state index in [0.29, 0.717) is 11.3 Å². The van der Waals surface area contributed by atoms with Crippen molar-refractivity contribution >= 4 is 11.8 Å². The van der Waals surface area contributed by atoms with Gasteiger partial charge in [-0.2, -0.15) is 0 Å². The van der Waals surface area contributed by atoms with Crippen LogP contribution in [0.3, 0.4) is 0 Å². The van der Waals surface area contributed by atoms with Gasteiger partial charge >= 0.3 is 0 Å². The first-order chi connectivity index (χ1) is 10.7. The average Bonchev–Trinajstić information content (AvgIpc) is 2.59. The molecule has 2 aromatic rings. The molecule has 6 heteroatoms. The van der Waals surface area contributed by atoms with Crippen molar-refractivity contribution in [1.82, 2.24) is 15.8 Å². The molecule has 2 N–H and O–H groups in total. The number of benzene rings is 1. The molecule has 1 aromatic carbocycles. The Balaban J connectivity index is 1.74. The number of carbonyl (C=O) groups is 2. The van der Waals surface area contributed by atoms with E-state index in [0.717, 1.165) is 6.42 Å².